The summed E-state index contributed by atoms with van der Waals surface area (Å²) in [5, 5.41) is 6.59. The molecule has 148 valence electrons. The maximum absolute atomic E-state index is 13.5. The molecule has 1 aliphatic rings. The van der Waals surface area contributed by atoms with Gasteiger partial charge in [-0.2, -0.15) is 4.98 Å². The molecule has 2 heterocycles. The van der Waals surface area contributed by atoms with Gasteiger partial charge in [-0.1, -0.05) is 36.4 Å². The fourth-order valence-electron chi connectivity index (χ4n) is 3.31. The van der Waals surface area contributed by atoms with Gasteiger partial charge in [-0.25, -0.2) is 9.37 Å². The van der Waals surface area contributed by atoms with E-state index >= 15 is 0 Å². The van der Waals surface area contributed by atoms with E-state index in [0.717, 1.165) is 55.2 Å². The van der Waals surface area contributed by atoms with Crippen molar-refractivity contribution in [1.29, 1.82) is 0 Å². The maximum atomic E-state index is 13.5. The van der Waals surface area contributed by atoms with Crippen molar-refractivity contribution in [2.24, 2.45) is 0 Å². The number of aromatic nitrogens is 2. The van der Waals surface area contributed by atoms with Crippen LogP contribution in [0.25, 0.3) is 11.1 Å². The average molecular weight is 389 g/mol. The second kappa shape index (κ2) is 9.30. The summed E-state index contributed by atoms with van der Waals surface area (Å²) in [7, 11) is 0. The van der Waals surface area contributed by atoms with Crippen molar-refractivity contribution in [3.63, 3.8) is 0 Å². The van der Waals surface area contributed by atoms with Crippen LogP contribution in [0.4, 0.5) is 21.8 Å². The van der Waals surface area contributed by atoms with E-state index in [0.29, 0.717) is 5.95 Å². The van der Waals surface area contributed by atoms with Crippen molar-refractivity contribution in [3.8, 4) is 11.1 Å². The molecule has 0 radical (unpaired) electrons. The van der Waals surface area contributed by atoms with E-state index in [1.54, 1.807) is 12.3 Å². The van der Waals surface area contributed by atoms with Crippen molar-refractivity contribution < 1.29 is 4.39 Å². The van der Waals surface area contributed by atoms with Crippen LogP contribution in [0.1, 0.15) is 6.42 Å². The standard InChI is InChI=1S/C23H24FN5/c24-20-8-3-6-18(16-20)19-7-4-9-21(17-19)27-23-26-12-10-22(28-23)25-11-5-15-29-13-1-2-14-29/h1-4,6-10,12,16-17H,5,11,13-15H2,(H2,25,26,27,28). The van der Waals surface area contributed by atoms with Crippen molar-refractivity contribution >= 4 is 17.5 Å². The monoisotopic (exact) mass is 389 g/mol. The summed E-state index contributed by atoms with van der Waals surface area (Å²) in [5.74, 6) is 1.07. The van der Waals surface area contributed by atoms with Gasteiger partial charge in [0.05, 0.1) is 0 Å². The average Bonchev–Trinajstić information content (AvgIpc) is 3.25. The Balaban J connectivity index is 1.35. The fourth-order valence-corrected chi connectivity index (χ4v) is 3.31. The Kier molecular flexibility index (Phi) is 6.12. The highest BCUT2D eigenvalue weighted by molar-refractivity contribution is 5.69. The third kappa shape index (κ3) is 5.39. The van der Waals surface area contributed by atoms with Crippen molar-refractivity contribution in [1.82, 2.24) is 14.9 Å². The molecule has 0 spiro atoms. The highest BCUT2D eigenvalue weighted by Gasteiger charge is 2.06. The molecule has 2 aromatic carbocycles. The number of hydrogen-bond acceptors (Lipinski definition) is 5. The van der Waals surface area contributed by atoms with E-state index in [1.165, 1.54) is 12.1 Å². The number of anilines is 3. The molecule has 1 aliphatic heterocycles. The predicted octanol–water partition coefficient (Wildman–Crippen LogP) is 4.70. The molecule has 0 saturated heterocycles. The molecular weight excluding hydrogens is 365 g/mol. The van der Waals surface area contributed by atoms with Gasteiger partial charge in [-0.15, -0.1) is 0 Å². The lowest BCUT2D eigenvalue weighted by Gasteiger charge is -2.14. The quantitative estimate of drug-likeness (QED) is 0.432. The molecule has 5 nitrogen and oxygen atoms in total. The molecule has 0 fully saturated rings. The summed E-state index contributed by atoms with van der Waals surface area (Å²) in [5.41, 5.74) is 2.61. The van der Waals surface area contributed by atoms with Crippen LogP contribution in [0.5, 0.6) is 0 Å². The van der Waals surface area contributed by atoms with Crippen LogP contribution in [-0.2, 0) is 0 Å². The molecule has 3 aromatic rings. The summed E-state index contributed by atoms with van der Waals surface area (Å²) < 4.78 is 13.5. The van der Waals surface area contributed by atoms with Gasteiger partial charge in [0.2, 0.25) is 5.95 Å². The highest BCUT2D eigenvalue weighted by Crippen LogP contribution is 2.24. The van der Waals surface area contributed by atoms with Crippen LogP contribution in [-0.4, -0.2) is 41.0 Å². The Morgan fingerprint density at radius 3 is 2.59 bits per heavy atom. The lowest BCUT2D eigenvalue weighted by molar-refractivity contribution is 0.351. The largest absolute Gasteiger partial charge is 0.370 e. The first-order valence-electron chi connectivity index (χ1n) is 9.83. The Morgan fingerprint density at radius 1 is 0.966 bits per heavy atom. The molecular formula is C23H24FN5. The Labute approximate surface area is 170 Å². The van der Waals surface area contributed by atoms with Crippen LogP contribution >= 0.6 is 0 Å². The second-order valence-corrected chi connectivity index (χ2v) is 6.99. The van der Waals surface area contributed by atoms with E-state index < -0.39 is 0 Å². The first kappa shape index (κ1) is 19.1. The normalized spacial score (nSPS) is 13.6. The van der Waals surface area contributed by atoms with Gasteiger partial charge in [-0.3, -0.25) is 4.90 Å². The summed E-state index contributed by atoms with van der Waals surface area (Å²) >= 11 is 0. The first-order chi connectivity index (χ1) is 14.3. The zero-order valence-corrected chi connectivity index (χ0v) is 16.2. The molecule has 0 amide bonds. The van der Waals surface area contributed by atoms with E-state index in [-0.39, 0.29) is 5.82 Å². The zero-order valence-electron chi connectivity index (χ0n) is 16.2. The van der Waals surface area contributed by atoms with Crippen LogP contribution in [0, 0.1) is 5.82 Å². The minimum atomic E-state index is -0.246. The molecule has 1 aromatic heterocycles. The number of hydrogen-bond donors (Lipinski definition) is 2. The topological polar surface area (TPSA) is 53.1 Å². The number of benzene rings is 2. The molecule has 0 unspecified atom stereocenters. The highest BCUT2D eigenvalue weighted by atomic mass is 19.1. The summed E-state index contributed by atoms with van der Waals surface area (Å²) in [6.45, 7) is 4.04. The molecule has 4 rings (SSSR count). The molecule has 2 N–H and O–H groups in total. The van der Waals surface area contributed by atoms with Crippen molar-refractivity contribution in [2.45, 2.75) is 6.42 Å². The summed E-state index contributed by atoms with van der Waals surface area (Å²) in [4.78, 5) is 11.2. The van der Waals surface area contributed by atoms with Crippen LogP contribution in [0.2, 0.25) is 0 Å². The van der Waals surface area contributed by atoms with Gasteiger partial charge in [-0.05, 0) is 47.9 Å². The summed E-state index contributed by atoms with van der Waals surface area (Å²) in [6, 6.07) is 16.2. The second-order valence-electron chi connectivity index (χ2n) is 6.99. The number of rotatable bonds is 8. The minimum Gasteiger partial charge on any atom is -0.370 e. The van der Waals surface area contributed by atoms with E-state index in [9.17, 15) is 4.39 Å². The Morgan fingerprint density at radius 2 is 1.76 bits per heavy atom. The van der Waals surface area contributed by atoms with Crippen LogP contribution < -0.4 is 10.6 Å². The zero-order chi connectivity index (χ0) is 19.9. The molecule has 0 aliphatic carbocycles. The molecule has 0 bridgehead atoms. The number of halogens is 1. The van der Waals surface area contributed by atoms with Crippen LogP contribution in [0.15, 0.2) is 72.9 Å². The molecule has 6 heteroatoms. The van der Waals surface area contributed by atoms with Gasteiger partial charge in [0.15, 0.2) is 0 Å². The lowest BCUT2D eigenvalue weighted by atomic mass is 10.1. The van der Waals surface area contributed by atoms with Gasteiger partial charge in [0, 0.05) is 38.1 Å². The smallest absolute Gasteiger partial charge is 0.229 e. The minimum absolute atomic E-state index is 0.246. The molecule has 29 heavy (non-hydrogen) atoms. The molecule has 0 atom stereocenters. The fraction of sp³-hybridized carbons (Fsp3) is 0.217. The van der Waals surface area contributed by atoms with Crippen molar-refractivity contribution in [2.75, 3.05) is 36.8 Å². The van der Waals surface area contributed by atoms with Gasteiger partial charge in [0.1, 0.15) is 11.6 Å². The third-order valence-electron chi connectivity index (χ3n) is 4.78. The number of nitrogens with zero attached hydrogens (tertiary/aromatic N) is 3. The number of nitrogens with one attached hydrogen (secondary N) is 2. The van der Waals surface area contributed by atoms with E-state index in [1.807, 2.05) is 36.4 Å². The van der Waals surface area contributed by atoms with Gasteiger partial charge < -0.3 is 10.6 Å². The predicted molar refractivity (Wildman–Crippen MR) is 116 cm³/mol. The molecule has 0 saturated carbocycles. The van der Waals surface area contributed by atoms with Gasteiger partial charge >= 0.3 is 0 Å². The van der Waals surface area contributed by atoms with Crippen molar-refractivity contribution in [3.05, 3.63) is 78.8 Å². The van der Waals surface area contributed by atoms with E-state index in [2.05, 4.69) is 37.7 Å². The first-order valence-corrected chi connectivity index (χ1v) is 9.83. The van der Waals surface area contributed by atoms with E-state index in [4.69, 9.17) is 0 Å². The lowest BCUT2D eigenvalue weighted by Crippen LogP contribution is -2.23. The maximum Gasteiger partial charge on any atom is 0.229 e. The van der Waals surface area contributed by atoms with Crippen LogP contribution in [0.3, 0.4) is 0 Å². The SMILES string of the molecule is Fc1cccc(-c2cccc(Nc3nccc(NCCCN4CC=CC4)n3)c2)c1. The Hall–Kier alpha value is -3.25. The third-order valence-corrected chi connectivity index (χ3v) is 4.78. The summed E-state index contributed by atoms with van der Waals surface area (Å²) in [6.07, 6.45) is 7.21. The van der Waals surface area contributed by atoms with Gasteiger partial charge in [0.25, 0.3) is 0 Å². The Bertz CT molecular complexity index is 980.